The Hall–Kier alpha value is -3.60. The lowest BCUT2D eigenvalue weighted by Crippen LogP contribution is -2.56. The minimum absolute atomic E-state index is 0.00935. The Morgan fingerprint density at radius 1 is 0.810 bits per heavy atom. The standard InChI is InChI=1S/C25H47N9O7S/c1-13(2)11-18(24(40)41)33-19(35)12-30-23(39)17(7-6-9-29-25(27)28)34-21(37)15(4)31-20(36)14(3)32-22(38)16(26)8-10-42-5/h13-18H,6-12,26H2,1-5H3,(H,30,39)(H,31,36)(H,32,38)(H,33,35)(H,34,37)(H,40,41)(H4,27,28,29)/t14-,15-,16-,17-,18-/m0/s1. The van der Waals surface area contributed by atoms with Crippen LogP contribution in [0.4, 0.5) is 0 Å². The van der Waals surface area contributed by atoms with Crippen LogP contribution in [0.3, 0.4) is 0 Å². The first kappa shape index (κ1) is 38.4. The largest absolute Gasteiger partial charge is 0.480 e. The van der Waals surface area contributed by atoms with Gasteiger partial charge in [0.25, 0.3) is 0 Å². The highest BCUT2D eigenvalue weighted by atomic mass is 32.2. The summed E-state index contributed by atoms with van der Waals surface area (Å²) < 4.78 is 0. The third kappa shape index (κ3) is 16.6. The molecule has 0 heterocycles. The van der Waals surface area contributed by atoms with E-state index in [1.54, 1.807) is 0 Å². The van der Waals surface area contributed by atoms with Gasteiger partial charge < -0.3 is 48.9 Å². The lowest BCUT2D eigenvalue weighted by Gasteiger charge is -2.23. The van der Waals surface area contributed by atoms with Crippen molar-refractivity contribution in [1.82, 2.24) is 26.6 Å². The highest BCUT2D eigenvalue weighted by Gasteiger charge is 2.27. The van der Waals surface area contributed by atoms with Gasteiger partial charge in [-0.2, -0.15) is 11.8 Å². The number of carboxylic acid groups (broad SMARTS) is 1. The summed E-state index contributed by atoms with van der Waals surface area (Å²) in [5, 5.41) is 21.6. The average Bonchev–Trinajstić information content (AvgIpc) is 2.90. The van der Waals surface area contributed by atoms with Crippen molar-refractivity contribution in [2.45, 2.75) is 83.6 Å². The molecule has 5 amide bonds. The van der Waals surface area contributed by atoms with E-state index in [-0.39, 0.29) is 31.3 Å². The van der Waals surface area contributed by atoms with E-state index in [1.807, 2.05) is 20.1 Å². The van der Waals surface area contributed by atoms with Crippen LogP contribution in [-0.4, -0.2) is 102 Å². The van der Waals surface area contributed by atoms with Gasteiger partial charge in [-0.15, -0.1) is 0 Å². The summed E-state index contributed by atoms with van der Waals surface area (Å²) in [5.41, 5.74) is 16.5. The summed E-state index contributed by atoms with van der Waals surface area (Å²) in [4.78, 5) is 78.0. The van der Waals surface area contributed by atoms with Crippen LogP contribution in [0, 0.1) is 5.92 Å². The summed E-state index contributed by atoms with van der Waals surface area (Å²) in [6, 6.07) is -5.09. The van der Waals surface area contributed by atoms with Crippen LogP contribution in [-0.2, 0) is 28.8 Å². The topological polar surface area (TPSA) is 273 Å². The molecule has 0 saturated heterocycles. The first-order chi connectivity index (χ1) is 19.6. The molecule has 16 nitrogen and oxygen atoms in total. The van der Waals surface area contributed by atoms with Crippen LogP contribution in [0.1, 0.15) is 53.4 Å². The predicted molar refractivity (Wildman–Crippen MR) is 160 cm³/mol. The molecule has 5 atom stereocenters. The Bertz CT molecular complexity index is 961. The van der Waals surface area contributed by atoms with Gasteiger partial charge in [0, 0.05) is 6.54 Å². The second-order valence-corrected chi connectivity index (χ2v) is 11.1. The number of nitrogens with zero attached hydrogens (tertiary/aromatic N) is 1. The van der Waals surface area contributed by atoms with E-state index in [0.717, 1.165) is 0 Å². The number of hydrogen-bond donors (Lipinski definition) is 9. The number of guanidine groups is 1. The number of carbonyl (C=O) groups excluding carboxylic acids is 5. The normalized spacial score (nSPS) is 14.4. The average molecular weight is 618 g/mol. The number of carbonyl (C=O) groups is 6. The van der Waals surface area contributed by atoms with E-state index in [2.05, 4.69) is 31.6 Å². The van der Waals surface area contributed by atoms with E-state index in [0.29, 0.717) is 18.6 Å². The van der Waals surface area contributed by atoms with Crippen molar-refractivity contribution in [3.63, 3.8) is 0 Å². The number of hydrogen-bond acceptors (Lipinski definition) is 9. The van der Waals surface area contributed by atoms with Gasteiger partial charge >= 0.3 is 5.97 Å². The molecule has 12 N–H and O–H groups in total. The number of aliphatic imine (C=N–C) groups is 1. The molecule has 0 aromatic carbocycles. The zero-order valence-corrected chi connectivity index (χ0v) is 25.7. The van der Waals surface area contributed by atoms with E-state index in [1.165, 1.54) is 25.6 Å². The van der Waals surface area contributed by atoms with Crippen LogP contribution >= 0.6 is 11.8 Å². The maximum Gasteiger partial charge on any atom is 0.326 e. The van der Waals surface area contributed by atoms with E-state index in [9.17, 15) is 33.9 Å². The molecule has 0 rings (SSSR count). The second-order valence-electron chi connectivity index (χ2n) is 10.2. The quantitative estimate of drug-likeness (QED) is 0.0386. The Morgan fingerprint density at radius 2 is 1.38 bits per heavy atom. The zero-order valence-electron chi connectivity index (χ0n) is 24.9. The molecule has 0 unspecified atom stereocenters. The highest BCUT2D eigenvalue weighted by Crippen LogP contribution is 2.05. The number of thioether (sulfide) groups is 1. The maximum absolute atomic E-state index is 12.9. The summed E-state index contributed by atoms with van der Waals surface area (Å²) in [7, 11) is 0. The van der Waals surface area contributed by atoms with E-state index in [4.69, 9.17) is 17.2 Å². The molecule has 0 spiro atoms. The monoisotopic (exact) mass is 617 g/mol. The number of nitrogens with two attached hydrogens (primary N) is 3. The molecule has 0 saturated carbocycles. The fraction of sp³-hybridized carbons (Fsp3) is 0.720. The van der Waals surface area contributed by atoms with Crippen LogP contribution in [0.5, 0.6) is 0 Å². The van der Waals surface area contributed by atoms with Gasteiger partial charge in [0.15, 0.2) is 5.96 Å². The molecule has 0 bridgehead atoms. The number of rotatable bonds is 20. The number of aliphatic carboxylic acids is 1. The minimum atomic E-state index is -1.20. The second kappa shape index (κ2) is 20.3. The third-order valence-corrected chi connectivity index (χ3v) is 6.46. The molecule has 0 aliphatic heterocycles. The van der Waals surface area contributed by atoms with Gasteiger partial charge in [-0.3, -0.25) is 29.0 Å². The van der Waals surface area contributed by atoms with Crippen molar-refractivity contribution in [3.8, 4) is 0 Å². The highest BCUT2D eigenvalue weighted by molar-refractivity contribution is 7.98. The lowest BCUT2D eigenvalue weighted by atomic mass is 10.0. The predicted octanol–water partition coefficient (Wildman–Crippen LogP) is -2.65. The Morgan fingerprint density at radius 3 is 1.90 bits per heavy atom. The SMILES string of the molecule is CSCC[C@H](N)C(=O)N[C@@H](C)C(=O)N[C@@H](C)C(=O)N[C@@H](CCCN=C(N)N)C(=O)NCC(=O)N[C@@H](CC(C)C)C(=O)O. The zero-order chi connectivity index (χ0) is 32.4. The lowest BCUT2D eigenvalue weighted by molar-refractivity contribution is -0.142. The number of nitrogens with one attached hydrogen (secondary N) is 5. The summed E-state index contributed by atoms with van der Waals surface area (Å²) in [5.74, 6) is -3.91. The molecular formula is C25H47N9O7S. The van der Waals surface area contributed by atoms with E-state index < -0.39 is 72.3 Å². The van der Waals surface area contributed by atoms with Gasteiger partial charge in [0.1, 0.15) is 24.2 Å². The van der Waals surface area contributed by atoms with Crippen LogP contribution < -0.4 is 43.8 Å². The molecular weight excluding hydrogens is 570 g/mol. The summed E-state index contributed by atoms with van der Waals surface area (Å²) in [6.45, 7) is 6.10. The third-order valence-electron chi connectivity index (χ3n) is 5.82. The Labute approximate surface area is 250 Å². The molecule has 42 heavy (non-hydrogen) atoms. The minimum Gasteiger partial charge on any atom is -0.480 e. The molecule has 0 aliphatic carbocycles. The van der Waals surface area contributed by atoms with Crippen molar-refractivity contribution in [2.75, 3.05) is 25.1 Å². The molecule has 0 fully saturated rings. The fourth-order valence-corrected chi connectivity index (χ4v) is 3.95. The molecule has 0 aromatic heterocycles. The summed E-state index contributed by atoms with van der Waals surface area (Å²) >= 11 is 1.54. The van der Waals surface area contributed by atoms with Crippen molar-refractivity contribution >= 4 is 53.2 Å². The fourth-order valence-electron chi connectivity index (χ4n) is 3.46. The molecule has 0 radical (unpaired) electrons. The van der Waals surface area contributed by atoms with Crippen molar-refractivity contribution in [2.24, 2.45) is 28.1 Å². The number of carboxylic acids is 1. The smallest absolute Gasteiger partial charge is 0.326 e. The first-order valence-electron chi connectivity index (χ1n) is 13.6. The Balaban J connectivity index is 5.20. The van der Waals surface area contributed by atoms with Crippen molar-refractivity contribution in [3.05, 3.63) is 0 Å². The summed E-state index contributed by atoms with van der Waals surface area (Å²) in [6.07, 6.45) is 2.90. The van der Waals surface area contributed by atoms with Crippen LogP contribution in [0.25, 0.3) is 0 Å². The van der Waals surface area contributed by atoms with Gasteiger partial charge in [-0.1, -0.05) is 13.8 Å². The van der Waals surface area contributed by atoms with Crippen molar-refractivity contribution in [1.29, 1.82) is 0 Å². The van der Waals surface area contributed by atoms with Gasteiger partial charge in [0.05, 0.1) is 12.6 Å². The van der Waals surface area contributed by atoms with Gasteiger partial charge in [-0.25, -0.2) is 4.79 Å². The van der Waals surface area contributed by atoms with E-state index >= 15 is 0 Å². The molecule has 0 aliphatic rings. The molecule has 17 heteroatoms. The Kier molecular flexibility index (Phi) is 18.6. The van der Waals surface area contributed by atoms with Gasteiger partial charge in [0.2, 0.25) is 29.5 Å². The molecule has 0 aromatic rings. The maximum atomic E-state index is 12.9. The van der Waals surface area contributed by atoms with Crippen molar-refractivity contribution < 1.29 is 33.9 Å². The van der Waals surface area contributed by atoms with Crippen LogP contribution in [0.2, 0.25) is 0 Å². The van der Waals surface area contributed by atoms with Crippen LogP contribution in [0.15, 0.2) is 4.99 Å². The first-order valence-corrected chi connectivity index (χ1v) is 15.0. The number of amides is 5. The molecule has 240 valence electrons. The van der Waals surface area contributed by atoms with Gasteiger partial charge in [-0.05, 0) is 57.5 Å².